The van der Waals surface area contributed by atoms with Crippen LogP contribution in [0.15, 0.2) is 56.8 Å². The molecule has 0 atom stereocenters. The molecule has 0 aliphatic carbocycles. The van der Waals surface area contributed by atoms with Crippen molar-refractivity contribution in [2.75, 3.05) is 0 Å². The van der Waals surface area contributed by atoms with Gasteiger partial charge in [-0.1, -0.05) is 17.3 Å². The highest BCUT2D eigenvalue weighted by molar-refractivity contribution is 5.83. The minimum atomic E-state index is -0.512. The lowest BCUT2D eigenvalue weighted by Gasteiger charge is -1.92. The molecule has 3 aromatic rings. The van der Waals surface area contributed by atoms with Gasteiger partial charge in [-0.15, -0.1) is 0 Å². The number of nitrogens with zero attached hydrogens (tertiary/aromatic N) is 1. The van der Waals surface area contributed by atoms with Crippen LogP contribution in [0.25, 0.3) is 21.9 Å². The Morgan fingerprint density at radius 1 is 1.05 bits per heavy atom. The van der Waals surface area contributed by atoms with Crippen molar-refractivity contribution in [2.45, 2.75) is 0 Å². The van der Waals surface area contributed by atoms with Crippen LogP contribution in [0.1, 0.15) is 0 Å². The maximum Gasteiger partial charge on any atom is 0.219 e. The molecule has 1 N–H and O–H groups in total. The molecule has 94 valence electrons. The van der Waals surface area contributed by atoms with Crippen LogP contribution in [-0.4, -0.2) is 5.21 Å². The quantitative estimate of drug-likeness (QED) is 0.496. The molecule has 2 aromatic carbocycles. The molecular weight excluding hydrogens is 249 g/mol. The number of halogens is 1. The number of benzene rings is 2. The predicted molar refractivity (Wildman–Crippen MR) is 67.3 cm³/mol. The third-order valence-corrected chi connectivity index (χ3v) is 2.87. The smallest absolute Gasteiger partial charge is 0.219 e. The topological polar surface area (TPSA) is 62.8 Å². The zero-order chi connectivity index (χ0) is 13.4. The normalized spacial score (nSPS) is 12.2. The number of hydrogen-bond donors (Lipinski definition) is 1. The van der Waals surface area contributed by atoms with Crippen molar-refractivity contribution in [2.24, 2.45) is 5.16 Å². The average molecular weight is 257 g/mol. The van der Waals surface area contributed by atoms with Gasteiger partial charge in [0.25, 0.3) is 0 Å². The Bertz CT molecular complexity index is 915. The summed E-state index contributed by atoms with van der Waals surface area (Å²) in [6.45, 7) is 0. The summed E-state index contributed by atoms with van der Waals surface area (Å²) >= 11 is 0. The van der Waals surface area contributed by atoms with E-state index in [4.69, 9.17) is 9.62 Å². The number of fused-ring (bicyclic) bond motifs is 2. The molecule has 0 fully saturated rings. The van der Waals surface area contributed by atoms with Crippen LogP contribution in [-0.2, 0) is 0 Å². The van der Waals surface area contributed by atoms with Crippen LogP contribution in [0.4, 0.5) is 4.39 Å². The Labute approximate surface area is 106 Å². The molecular formula is C14H8FNO3. The Morgan fingerprint density at radius 2 is 1.84 bits per heavy atom. The number of rotatable bonds is 0. The second-order valence-electron chi connectivity index (χ2n) is 4.02. The molecule has 0 saturated heterocycles. The molecule has 0 amide bonds. The summed E-state index contributed by atoms with van der Waals surface area (Å²) in [4.78, 5) is 12.2. The van der Waals surface area contributed by atoms with Crippen LogP contribution in [0.2, 0.25) is 0 Å². The highest BCUT2D eigenvalue weighted by Crippen LogP contribution is 2.15. The highest BCUT2D eigenvalue weighted by atomic mass is 19.1. The maximum absolute atomic E-state index is 13.2. The van der Waals surface area contributed by atoms with Gasteiger partial charge in [-0.2, -0.15) is 0 Å². The third-order valence-electron chi connectivity index (χ3n) is 2.87. The Morgan fingerprint density at radius 3 is 2.63 bits per heavy atom. The number of hydrogen-bond acceptors (Lipinski definition) is 4. The second kappa shape index (κ2) is 4.20. The summed E-state index contributed by atoms with van der Waals surface area (Å²) in [5.74, 6) is -0.506. The minimum Gasteiger partial charge on any atom is -0.456 e. The monoisotopic (exact) mass is 257 g/mol. The summed E-state index contributed by atoms with van der Waals surface area (Å²) in [7, 11) is 0. The summed E-state index contributed by atoms with van der Waals surface area (Å²) in [5.41, 5.74) is -0.0634. The van der Waals surface area contributed by atoms with Gasteiger partial charge in [-0.05, 0) is 24.3 Å². The Hall–Kier alpha value is -2.69. The molecule has 5 heteroatoms. The summed E-state index contributed by atoms with van der Waals surface area (Å²) in [5, 5.41) is 12.5. The van der Waals surface area contributed by atoms with Crippen molar-refractivity contribution >= 4 is 21.9 Å². The van der Waals surface area contributed by atoms with E-state index in [0.29, 0.717) is 11.0 Å². The molecule has 4 nitrogen and oxygen atoms in total. The van der Waals surface area contributed by atoms with Gasteiger partial charge in [-0.25, -0.2) is 4.39 Å². The maximum atomic E-state index is 13.2. The van der Waals surface area contributed by atoms with E-state index in [1.165, 1.54) is 6.07 Å². The van der Waals surface area contributed by atoms with Crippen molar-refractivity contribution in [1.29, 1.82) is 0 Å². The van der Waals surface area contributed by atoms with Gasteiger partial charge in [0, 0.05) is 6.07 Å². The standard InChI is InChI=1S/C14H8FNO3/c15-8-5-6-10-12(7-8)19-11-4-2-1-3-9(11)13(16-18)14(10)17/h1-7,18H. The van der Waals surface area contributed by atoms with Crippen LogP contribution in [0, 0.1) is 5.82 Å². The van der Waals surface area contributed by atoms with Gasteiger partial charge in [0.1, 0.15) is 17.0 Å². The first-order chi connectivity index (χ1) is 9.20. The van der Waals surface area contributed by atoms with E-state index in [1.54, 1.807) is 24.3 Å². The first kappa shape index (κ1) is 11.4. The van der Waals surface area contributed by atoms with Crippen molar-refractivity contribution in [3.8, 4) is 0 Å². The van der Waals surface area contributed by atoms with Crippen molar-refractivity contribution in [1.82, 2.24) is 0 Å². The molecule has 0 bridgehead atoms. The van der Waals surface area contributed by atoms with E-state index in [-0.39, 0.29) is 16.3 Å². The van der Waals surface area contributed by atoms with E-state index < -0.39 is 11.2 Å². The summed E-state index contributed by atoms with van der Waals surface area (Å²) in [6, 6.07) is 10.2. The van der Waals surface area contributed by atoms with Gasteiger partial charge in [0.05, 0.1) is 10.8 Å². The summed E-state index contributed by atoms with van der Waals surface area (Å²) in [6.07, 6.45) is 0. The molecule has 1 heterocycles. The van der Waals surface area contributed by atoms with E-state index >= 15 is 0 Å². The van der Waals surface area contributed by atoms with Crippen molar-refractivity contribution < 1.29 is 14.0 Å². The number of para-hydroxylation sites is 1. The Balaban J connectivity index is 2.75. The highest BCUT2D eigenvalue weighted by Gasteiger charge is 2.07. The molecule has 0 radical (unpaired) electrons. The lowest BCUT2D eigenvalue weighted by atomic mass is 10.2. The van der Waals surface area contributed by atoms with Crippen molar-refractivity contribution in [3.05, 3.63) is 63.9 Å². The van der Waals surface area contributed by atoms with Crippen molar-refractivity contribution in [3.63, 3.8) is 0 Å². The fraction of sp³-hybridized carbons (Fsp3) is 0. The lowest BCUT2D eigenvalue weighted by molar-refractivity contribution is 0.302. The molecule has 19 heavy (non-hydrogen) atoms. The SMILES string of the molecule is O=c1c(=NO)c2ccccc2oc2cc(F)ccc12. The van der Waals surface area contributed by atoms with Crippen LogP contribution >= 0.6 is 0 Å². The summed E-state index contributed by atoms with van der Waals surface area (Å²) < 4.78 is 18.8. The zero-order valence-electron chi connectivity index (χ0n) is 9.63. The van der Waals surface area contributed by atoms with Gasteiger partial charge in [-0.3, -0.25) is 4.79 Å². The molecule has 0 unspecified atom stereocenters. The average Bonchev–Trinajstić information content (AvgIpc) is 2.52. The largest absolute Gasteiger partial charge is 0.456 e. The van der Waals surface area contributed by atoms with Gasteiger partial charge in [0.2, 0.25) is 5.43 Å². The molecule has 0 aliphatic rings. The van der Waals surface area contributed by atoms with E-state index in [9.17, 15) is 9.18 Å². The molecule has 1 aromatic heterocycles. The van der Waals surface area contributed by atoms with Crippen LogP contribution in [0.3, 0.4) is 0 Å². The van der Waals surface area contributed by atoms with Gasteiger partial charge >= 0.3 is 0 Å². The van der Waals surface area contributed by atoms with E-state index in [2.05, 4.69) is 5.16 Å². The first-order valence-corrected chi connectivity index (χ1v) is 5.54. The molecule has 3 rings (SSSR count). The van der Waals surface area contributed by atoms with Crippen LogP contribution < -0.4 is 10.8 Å². The first-order valence-electron chi connectivity index (χ1n) is 5.54. The molecule has 0 saturated carbocycles. The van der Waals surface area contributed by atoms with Crippen LogP contribution in [0.5, 0.6) is 0 Å². The fourth-order valence-electron chi connectivity index (χ4n) is 1.99. The van der Waals surface area contributed by atoms with Gasteiger partial charge < -0.3 is 9.62 Å². The van der Waals surface area contributed by atoms with E-state index in [0.717, 1.165) is 12.1 Å². The predicted octanol–water partition coefficient (Wildman–Crippen LogP) is 2.38. The molecule has 0 spiro atoms. The van der Waals surface area contributed by atoms with Gasteiger partial charge in [0.15, 0.2) is 5.36 Å². The minimum absolute atomic E-state index is 0.108. The molecule has 0 aliphatic heterocycles. The lowest BCUT2D eigenvalue weighted by Crippen LogP contribution is -2.23. The van der Waals surface area contributed by atoms with E-state index in [1.807, 2.05) is 0 Å². The second-order valence-corrected chi connectivity index (χ2v) is 4.02. The zero-order valence-corrected chi connectivity index (χ0v) is 9.63. The fourth-order valence-corrected chi connectivity index (χ4v) is 1.99. The Kier molecular flexibility index (Phi) is 2.52. The third kappa shape index (κ3) is 1.76.